The number of likely N-dealkylation sites (tertiary alicyclic amines) is 1. The van der Waals surface area contributed by atoms with Crippen LogP contribution in [0.25, 0.3) is 0 Å². The minimum absolute atomic E-state index is 0.818. The average Bonchev–Trinajstić information content (AvgIpc) is 2.33. The second-order valence-electron chi connectivity index (χ2n) is 3.66. The molecule has 0 saturated carbocycles. The van der Waals surface area contributed by atoms with Crippen LogP contribution in [0.2, 0.25) is 0 Å². The molecule has 0 radical (unpaired) electrons. The zero-order chi connectivity index (χ0) is 6.97. The lowest BCUT2D eigenvalue weighted by Gasteiger charge is -2.31. The molecule has 0 spiro atoms. The van der Waals surface area contributed by atoms with Gasteiger partial charge in [0, 0.05) is 12.6 Å². The van der Waals surface area contributed by atoms with E-state index in [1.54, 1.807) is 0 Å². The molecule has 0 bridgehead atoms. The monoisotopic (exact) mass is 140 g/mol. The van der Waals surface area contributed by atoms with Crippen LogP contribution in [-0.2, 0) is 0 Å². The van der Waals surface area contributed by atoms with Crippen LogP contribution in [0.5, 0.6) is 0 Å². The molecule has 2 unspecified atom stereocenters. The fourth-order valence-electron chi connectivity index (χ4n) is 2.19. The molecule has 2 rings (SSSR count). The minimum atomic E-state index is 0.818. The van der Waals surface area contributed by atoms with Gasteiger partial charge in [-0.1, -0.05) is 0 Å². The van der Waals surface area contributed by atoms with Gasteiger partial charge < -0.3 is 10.2 Å². The summed E-state index contributed by atoms with van der Waals surface area (Å²) < 4.78 is 0. The average molecular weight is 140 g/mol. The van der Waals surface area contributed by atoms with E-state index >= 15 is 0 Å². The number of likely N-dealkylation sites (N-methyl/N-ethyl adjacent to an activating group) is 1. The lowest BCUT2D eigenvalue weighted by molar-refractivity contribution is 0.198. The van der Waals surface area contributed by atoms with E-state index in [9.17, 15) is 0 Å². The first kappa shape index (κ1) is 6.62. The number of nitrogens with one attached hydrogen (secondary N) is 1. The van der Waals surface area contributed by atoms with Gasteiger partial charge in [-0.05, 0) is 38.9 Å². The van der Waals surface area contributed by atoms with Crippen molar-refractivity contribution < 1.29 is 0 Å². The lowest BCUT2D eigenvalue weighted by Crippen LogP contribution is -2.44. The van der Waals surface area contributed by atoms with Crippen LogP contribution in [0.4, 0.5) is 0 Å². The Morgan fingerprint density at radius 3 is 3.20 bits per heavy atom. The van der Waals surface area contributed by atoms with E-state index in [0.29, 0.717) is 0 Å². The second-order valence-corrected chi connectivity index (χ2v) is 3.66. The van der Waals surface area contributed by atoms with Crippen LogP contribution in [0.1, 0.15) is 12.8 Å². The minimum Gasteiger partial charge on any atom is -0.312 e. The van der Waals surface area contributed by atoms with Crippen molar-refractivity contribution in [3.63, 3.8) is 0 Å². The van der Waals surface area contributed by atoms with E-state index in [1.807, 2.05) is 0 Å². The molecule has 0 amide bonds. The molecule has 2 aliphatic heterocycles. The van der Waals surface area contributed by atoms with Crippen LogP contribution < -0.4 is 5.32 Å². The van der Waals surface area contributed by atoms with Gasteiger partial charge in [-0.25, -0.2) is 0 Å². The molecule has 1 N–H and O–H groups in total. The van der Waals surface area contributed by atoms with Gasteiger partial charge in [-0.3, -0.25) is 0 Å². The number of piperidine rings is 1. The van der Waals surface area contributed by atoms with Gasteiger partial charge in [0.05, 0.1) is 0 Å². The Morgan fingerprint density at radius 2 is 2.30 bits per heavy atom. The molecule has 0 aliphatic carbocycles. The van der Waals surface area contributed by atoms with Gasteiger partial charge in [-0.2, -0.15) is 0 Å². The molecule has 0 aromatic rings. The summed E-state index contributed by atoms with van der Waals surface area (Å²) in [5.74, 6) is 0.996. The molecule has 2 saturated heterocycles. The molecule has 2 heteroatoms. The molecule has 0 aromatic carbocycles. The van der Waals surface area contributed by atoms with Gasteiger partial charge in [0.25, 0.3) is 0 Å². The molecular formula is C8H16N2. The number of hydrogen-bond donors (Lipinski definition) is 1. The summed E-state index contributed by atoms with van der Waals surface area (Å²) in [5.41, 5.74) is 0. The van der Waals surface area contributed by atoms with Crippen molar-refractivity contribution in [3.8, 4) is 0 Å². The fourth-order valence-corrected chi connectivity index (χ4v) is 2.19. The number of nitrogens with zero attached hydrogens (tertiary/aromatic N) is 1. The topological polar surface area (TPSA) is 15.3 Å². The fraction of sp³-hybridized carbons (Fsp3) is 1.00. The first-order chi connectivity index (χ1) is 4.86. The van der Waals surface area contributed by atoms with Gasteiger partial charge in [0.1, 0.15) is 0 Å². The highest BCUT2D eigenvalue weighted by Gasteiger charge is 2.30. The van der Waals surface area contributed by atoms with E-state index in [2.05, 4.69) is 17.3 Å². The Labute approximate surface area is 62.6 Å². The van der Waals surface area contributed by atoms with E-state index in [1.165, 1.54) is 32.5 Å². The smallest absolute Gasteiger partial charge is 0.0224 e. The van der Waals surface area contributed by atoms with E-state index in [0.717, 1.165) is 12.0 Å². The lowest BCUT2D eigenvalue weighted by atomic mass is 9.93. The summed E-state index contributed by atoms with van der Waals surface area (Å²) in [7, 11) is 2.22. The number of rotatable bonds is 0. The summed E-state index contributed by atoms with van der Waals surface area (Å²) >= 11 is 0. The van der Waals surface area contributed by atoms with E-state index in [4.69, 9.17) is 0 Å². The van der Waals surface area contributed by atoms with E-state index in [-0.39, 0.29) is 0 Å². The Kier molecular flexibility index (Phi) is 1.66. The highest BCUT2D eigenvalue weighted by Crippen LogP contribution is 2.23. The van der Waals surface area contributed by atoms with E-state index < -0.39 is 0 Å². The van der Waals surface area contributed by atoms with Crippen LogP contribution in [0.3, 0.4) is 0 Å². The quantitative estimate of drug-likeness (QED) is 0.520. The largest absolute Gasteiger partial charge is 0.312 e. The third-order valence-corrected chi connectivity index (χ3v) is 2.88. The molecule has 58 valence electrons. The highest BCUT2D eigenvalue weighted by atomic mass is 15.1. The molecule has 2 atom stereocenters. The van der Waals surface area contributed by atoms with Crippen molar-refractivity contribution in [2.24, 2.45) is 5.92 Å². The van der Waals surface area contributed by atoms with Gasteiger partial charge in [0.2, 0.25) is 0 Å². The summed E-state index contributed by atoms with van der Waals surface area (Å²) in [6.45, 7) is 3.83. The SMILES string of the molecule is CN1CCC2CCNC2C1. The molecule has 10 heavy (non-hydrogen) atoms. The standard InChI is InChI=1S/C8H16N2/c1-10-5-3-7-2-4-9-8(7)6-10/h7-9H,2-6H2,1H3. The van der Waals surface area contributed by atoms with Crippen LogP contribution in [-0.4, -0.2) is 37.6 Å². The maximum absolute atomic E-state index is 3.55. The second kappa shape index (κ2) is 2.51. The predicted molar refractivity (Wildman–Crippen MR) is 42.0 cm³/mol. The third kappa shape index (κ3) is 1.06. The Balaban J connectivity index is 1.96. The Morgan fingerprint density at radius 1 is 1.40 bits per heavy atom. The molecular weight excluding hydrogens is 124 g/mol. The van der Waals surface area contributed by atoms with Crippen LogP contribution in [0.15, 0.2) is 0 Å². The maximum Gasteiger partial charge on any atom is 0.0224 e. The predicted octanol–water partition coefficient (Wildman–Crippen LogP) is 0.300. The van der Waals surface area contributed by atoms with Crippen molar-refractivity contribution in [1.29, 1.82) is 0 Å². The summed E-state index contributed by atoms with van der Waals surface area (Å²) in [4.78, 5) is 2.43. The van der Waals surface area contributed by atoms with Crippen molar-refractivity contribution in [2.45, 2.75) is 18.9 Å². The van der Waals surface area contributed by atoms with Crippen molar-refractivity contribution in [1.82, 2.24) is 10.2 Å². The third-order valence-electron chi connectivity index (χ3n) is 2.88. The van der Waals surface area contributed by atoms with Gasteiger partial charge in [-0.15, -0.1) is 0 Å². The summed E-state index contributed by atoms with van der Waals surface area (Å²) in [6, 6.07) is 0.818. The molecule has 2 nitrogen and oxygen atoms in total. The molecule has 2 heterocycles. The van der Waals surface area contributed by atoms with Gasteiger partial charge in [0.15, 0.2) is 0 Å². The molecule has 2 fully saturated rings. The zero-order valence-electron chi connectivity index (χ0n) is 6.64. The first-order valence-electron chi connectivity index (χ1n) is 4.28. The summed E-state index contributed by atoms with van der Waals surface area (Å²) in [5, 5.41) is 3.55. The maximum atomic E-state index is 3.55. The van der Waals surface area contributed by atoms with Crippen molar-refractivity contribution >= 4 is 0 Å². The summed E-state index contributed by atoms with van der Waals surface area (Å²) in [6.07, 6.45) is 2.83. The number of fused-ring (bicyclic) bond motifs is 1. The first-order valence-corrected chi connectivity index (χ1v) is 4.28. The van der Waals surface area contributed by atoms with Crippen LogP contribution >= 0.6 is 0 Å². The highest BCUT2D eigenvalue weighted by molar-refractivity contribution is 4.89. The van der Waals surface area contributed by atoms with Crippen LogP contribution in [0, 0.1) is 5.92 Å². The zero-order valence-corrected chi connectivity index (χ0v) is 6.64. The normalized spacial score (nSPS) is 41.7. The Hall–Kier alpha value is -0.0800. The van der Waals surface area contributed by atoms with Gasteiger partial charge >= 0.3 is 0 Å². The molecule has 0 aromatic heterocycles. The van der Waals surface area contributed by atoms with Crippen molar-refractivity contribution in [3.05, 3.63) is 0 Å². The number of hydrogen-bond acceptors (Lipinski definition) is 2. The van der Waals surface area contributed by atoms with Crippen molar-refractivity contribution in [2.75, 3.05) is 26.7 Å². The molecule has 2 aliphatic rings. The Bertz CT molecular complexity index is 124.